The molecule has 1 heterocycles. The number of hydrogen-bond acceptors (Lipinski definition) is 2. The minimum atomic E-state index is -0.620. The first kappa shape index (κ1) is 10.8. The minimum absolute atomic E-state index is 0.283. The van der Waals surface area contributed by atoms with Gasteiger partial charge < -0.3 is 10.7 Å². The molecule has 0 bridgehead atoms. The van der Waals surface area contributed by atoms with Crippen LogP contribution in [0.1, 0.15) is 5.69 Å². The largest absolute Gasteiger partial charge is 0.348 e. The van der Waals surface area contributed by atoms with Gasteiger partial charge in [-0.3, -0.25) is 0 Å². The average molecular weight is 223 g/mol. The molecule has 0 saturated carbocycles. The van der Waals surface area contributed by atoms with E-state index in [4.69, 9.17) is 5.73 Å². The van der Waals surface area contributed by atoms with Crippen molar-refractivity contribution < 1.29 is 8.78 Å². The summed E-state index contributed by atoms with van der Waals surface area (Å²) >= 11 is 0. The Hall–Kier alpha value is -1.75. The fraction of sp³-hybridized carbons (Fsp3) is 0.182. The van der Waals surface area contributed by atoms with Crippen LogP contribution in [-0.4, -0.2) is 16.5 Å². The maximum atomic E-state index is 13.5. The van der Waals surface area contributed by atoms with Crippen molar-refractivity contribution in [3.63, 3.8) is 0 Å². The summed E-state index contributed by atoms with van der Waals surface area (Å²) in [6, 6.07) is 3.43. The van der Waals surface area contributed by atoms with E-state index in [1.165, 1.54) is 18.5 Å². The zero-order chi connectivity index (χ0) is 11.5. The number of aromatic nitrogens is 2. The van der Waals surface area contributed by atoms with Crippen molar-refractivity contribution in [1.82, 2.24) is 9.97 Å². The molecular formula is C11H11F2N3. The second-order valence-electron chi connectivity index (χ2n) is 3.39. The summed E-state index contributed by atoms with van der Waals surface area (Å²) in [4.78, 5) is 6.92. The maximum Gasteiger partial charge on any atom is 0.135 e. The lowest BCUT2D eigenvalue weighted by molar-refractivity contribution is 0.585. The number of imidazole rings is 1. The molecule has 2 aromatic rings. The Bertz CT molecular complexity index is 494. The number of rotatable bonds is 3. The zero-order valence-electron chi connectivity index (χ0n) is 8.50. The van der Waals surface area contributed by atoms with E-state index in [-0.39, 0.29) is 5.56 Å². The van der Waals surface area contributed by atoms with Crippen LogP contribution >= 0.6 is 0 Å². The normalized spacial score (nSPS) is 10.7. The third-order valence-corrected chi connectivity index (χ3v) is 2.30. The average Bonchev–Trinajstić information content (AvgIpc) is 2.67. The molecule has 0 saturated heterocycles. The predicted octanol–water partition coefficient (Wildman–Crippen LogP) is 1.86. The highest BCUT2D eigenvalue weighted by Crippen LogP contribution is 2.24. The van der Waals surface area contributed by atoms with Gasteiger partial charge in [0.15, 0.2) is 0 Å². The summed E-state index contributed by atoms with van der Waals surface area (Å²) in [5.74, 6) is -1.22. The van der Waals surface area contributed by atoms with Gasteiger partial charge in [-0.15, -0.1) is 0 Å². The number of halogens is 2. The van der Waals surface area contributed by atoms with Gasteiger partial charge in [-0.1, -0.05) is 0 Å². The Labute approximate surface area is 91.3 Å². The van der Waals surface area contributed by atoms with E-state index in [9.17, 15) is 8.78 Å². The van der Waals surface area contributed by atoms with E-state index in [1.54, 1.807) is 0 Å². The van der Waals surface area contributed by atoms with E-state index in [1.807, 2.05) is 0 Å². The minimum Gasteiger partial charge on any atom is -0.348 e. The van der Waals surface area contributed by atoms with Gasteiger partial charge in [0.2, 0.25) is 0 Å². The standard InChI is InChI=1S/C11H11F2N3/c12-7-1-2-8(9(13)5-7)11-10(3-4-14)15-6-16-11/h1-2,5-6H,3-4,14H2,(H,15,16). The zero-order valence-corrected chi connectivity index (χ0v) is 8.50. The number of aromatic amines is 1. The monoisotopic (exact) mass is 223 g/mol. The van der Waals surface area contributed by atoms with E-state index in [0.29, 0.717) is 18.7 Å². The molecule has 16 heavy (non-hydrogen) atoms. The van der Waals surface area contributed by atoms with Crippen molar-refractivity contribution in [2.24, 2.45) is 5.73 Å². The van der Waals surface area contributed by atoms with Crippen LogP contribution in [-0.2, 0) is 6.42 Å². The van der Waals surface area contributed by atoms with Crippen LogP contribution in [0, 0.1) is 11.6 Å². The molecule has 0 aliphatic carbocycles. The molecule has 0 aliphatic heterocycles. The van der Waals surface area contributed by atoms with Gasteiger partial charge in [-0.05, 0) is 18.7 Å². The molecule has 84 valence electrons. The first-order valence-electron chi connectivity index (χ1n) is 4.90. The first-order valence-corrected chi connectivity index (χ1v) is 4.90. The number of nitrogens with one attached hydrogen (secondary N) is 1. The quantitative estimate of drug-likeness (QED) is 0.834. The molecule has 3 N–H and O–H groups in total. The summed E-state index contributed by atoms with van der Waals surface area (Å²) in [7, 11) is 0. The molecule has 0 radical (unpaired) electrons. The molecule has 0 aliphatic rings. The fourth-order valence-electron chi connectivity index (χ4n) is 1.57. The molecule has 0 spiro atoms. The topological polar surface area (TPSA) is 54.7 Å². The van der Waals surface area contributed by atoms with Crippen molar-refractivity contribution in [2.45, 2.75) is 6.42 Å². The number of hydrogen-bond donors (Lipinski definition) is 2. The van der Waals surface area contributed by atoms with Gasteiger partial charge in [0.05, 0.1) is 12.0 Å². The first-order chi connectivity index (χ1) is 7.72. The summed E-state index contributed by atoms with van der Waals surface area (Å²) in [5, 5.41) is 0. The summed E-state index contributed by atoms with van der Waals surface area (Å²) in [6.45, 7) is 0.442. The lowest BCUT2D eigenvalue weighted by atomic mass is 10.1. The van der Waals surface area contributed by atoms with Crippen LogP contribution in [0.5, 0.6) is 0 Å². The molecule has 5 heteroatoms. The van der Waals surface area contributed by atoms with Crippen molar-refractivity contribution in [1.29, 1.82) is 0 Å². The fourth-order valence-corrected chi connectivity index (χ4v) is 1.57. The number of benzene rings is 1. The summed E-state index contributed by atoms with van der Waals surface area (Å²) in [5.41, 5.74) is 6.96. The van der Waals surface area contributed by atoms with E-state index >= 15 is 0 Å². The van der Waals surface area contributed by atoms with Crippen LogP contribution in [0.15, 0.2) is 24.5 Å². The van der Waals surface area contributed by atoms with E-state index in [2.05, 4.69) is 9.97 Å². The summed E-state index contributed by atoms with van der Waals surface area (Å²) < 4.78 is 26.3. The van der Waals surface area contributed by atoms with Gasteiger partial charge in [0.25, 0.3) is 0 Å². The highest BCUT2D eigenvalue weighted by molar-refractivity contribution is 5.62. The predicted molar refractivity (Wildman–Crippen MR) is 56.7 cm³/mol. The molecule has 3 nitrogen and oxygen atoms in total. The lowest BCUT2D eigenvalue weighted by Crippen LogP contribution is -2.04. The Balaban J connectivity index is 2.46. The van der Waals surface area contributed by atoms with Gasteiger partial charge >= 0.3 is 0 Å². The molecule has 1 aromatic heterocycles. The number of nitrogens with two attached hydrogens (primary N) is 1. The lowest BCUT2D eigenvalue weighted by Gasteiger charge is -2.03. The van der Waals surface area contributed by atoms with Crippen molar-refractivity contribution >= 4 is 0 Å². The van der Waals surface area contributed by atoms with Gasteiger partial charge in [0, 0.05) is 23.7 Å². The number of nitrogens with zero attached hydrogens (tertiary/aromatic N) is 1. The van der Waals surface area contributed by atoms with Crippen LogP contribution < -0.4 is 5.73 Å². The second-order valence-corrected chi connectivity index (χ2v) is 3.39. The SMILES string of the molecule is NCCc1[nH]cnc1-c1ccc(F)cc1F. The highest BCUT2D eigenvalue weighted by Gasteiger charge is 2.12. The molecular weight excluding hydrogens is 212 g/mol. The summed E-state index contributed by atoms with van der Waals surface area (Å²) in [6.07, 6.45) is 2.05. The Kier molecular flexibility index (Phi) is 2.96. The Morgan fingerprint density at radius 2 is 2.12 bits per heavy atom. The highest BCUT2D eigenvalue weighted by atomic mass is 19.1. The molecule has 0 amide bonds. The smallest absolute Gasteiger partial charge is 0.135 e. The maximum absolute atomic E-state index is 13.5. The van der Waals surface area contributed by atoms with E-state index < -0.39 is 11.6 Å². The molecule has 0 atom stereocenters. The van der Waals surface area contributed by atoms with Crippen molar-refractivity contribution in [2.75, 3.05) is 6.54 Å². The molecule has 0 unspecified atom stereocenters. The van der Waals surface area contributed by atoms with Gasteiger partial charge in [0.1, 0.15) is 11.6 Å². The molecule has 0 fully saturated rings. The van der Waals surface area contributed by atoms with Crippen LogP contribution in [0.25, 0.3) is 11.3 Å². The third kappa shape index (κ3) is 1.94. The van der Waals surface area contributed by atoms with Gasteiger partial charge in [-0.25, -0.2) is 13.8 Å². The van der Waals surface area contributed by atoms with Gasteiger partial charge in [-0.2, -0.15) is 0 Å². The van der Waals surface area contributed by atoms with E-state index in [0.717, 1.165) is 11.8 Å². The third-order valence-electron chi connectivity index (χ3n) is 2.30. The Morgan fingerprint density at radius 3 is 2.81 bits per heavy atom. The van der Waals surface area contributed by atoms with Crippen molar-refractivity contribution in [3.05, 3.63) is 41.9 Å². The molecule has 1 aromatic carbocycles. The number of H-pyrrole nitrogens is 1. The molecule has 2 rings (SSSR count). The van der Waals surface area contributed by atoms with Crippen LogP contribution in [0.2, 0.25) is 0 Å². The second kappa shape index (κ2) is 4.40. The van der Waals surface area contributed by atoms with Crippen LogP contribution in [0.3, 0.4) is 0 Å². The van der Waals surface area contributed by atoms with Crippen molar-refractivity contribution in [3.8, 4) is 11.3 Å². The van der Waals surface area contributed by atoms with Crippen LogP contribution in [0.4, 0.5) is 8.78 Å². The Morgan fingerprint density at radius 1 is 1.31 bits per heavy atom.